The number of benzene rings is 1. The highest BCUT2D eigenvalue weighted by molar-refractivity contribution is 7.89. The lowest BCUT2D eigenvalue weighted by Crippen LogP contribution is -2.28. The number of ether oxygens (including phenoxy) is 1. The summed E-state index contributed by atoms with van der Waals surface area (Å²) < 4.78 is 27.9. The van der Waals surface area contributed by atoms with E-state index in [0.29, 0.717) is 12.2 Å². The smallest absolute Gasteiger partial charge is 0.238 e. The van der Waals surface area contributed by atoms with E-state index in [1.807, 2.05) is 0 Å². The number of hydrogen-bond acceptors (Lipinski definition) is 5. The summed E-state index contributed by atoms with van der Waals surface area (Å²) in [6.07, 6.45) is 3.21. The van der Waals surface area contributed by atoms with Gasteiger partial charge in [0.25, 0.3) is 0 Å². The summed E-state index contributed by atoms with van der Waals surface area (Å²) in [7, 11) is -2.41. The average molecular weight is 327 g/mol. The minimum atomic E-state index is -3.84. The van der Waals surface area contributed by atoms with Gasteiger partial charge in [-0.15, -0.1) is 0 Å². The van der Waals surface area contributed by atoms with Gasteiger partial charge in [-0.3, -0.25) is 4.79 Å². The zero-order valence-corrected chi connectivity index (χ0v) is 13.2. The number of carbonyl (C=O) groups excluding carboxylic acids is 1. The molecule has 2 atom stereocenters. The Bertz CT molecular complexity index is 660. The van der Waals surface area contributed by atoms with E-state index in [2.05, 4.69) is 5.32 Å². The Labute approximate surface area is 130 Å². The molecule has 2 rings (SSSR count). The van der Waals surface area contributed by atoms with Crippen LogP contribution in [0.2, 0.25) is 0 Å². The predicted molar refractivity (Wildman–Crippen MR) is 82.9 cm³/mol. The molecule has 5 N–H and O–H groups in total. The lowest BCUT2D eigenvalue weighted by Gasteiger charge is -2.16. The number of primary sulfonamides is 1. The number of nitrogens with two attached hydrogens (primary N) is 2. The minimum absolute atomic E-state index is 0.0448. The van der Waals surface area contributed by atoms with Gasteiger partial charge in [0.2, 0.25) is 15.9 Å². The molecule has 122 valence electrons. The molecule has 7 nitrogen and oxygen atoms in total. The number of hydrogen-bond donors (Lipinski definition) is 3. The molecule has 1 aromatic carbocycles. The number of carbonyl (C=O) groups is 1. The molecule has 1 saturated carbocycles. The van der Waals surface area contributed by atoms with Crippen molar-refractivity contribution in [1.29, 1.82) is 0 Å². The van der Waals surface area contributed by atoms with Gasteiger partial charge in [0.15, 0.2) is 0 Å². The van der Waals surface area contributed by atoms with Gasteiger partial charge in [-0.25, -0.2) is 13.6 Å². The van der Waals surface area contributed by atoms with E-state index in [0.717, 1.165) is 19.3 Å². The molecule has 1 fully saturated rings. The molecule has 1 aliphatic carbocycles. The number of rotatable bonds is 5. The van der Waals surface area contributed by atoms with Crippen molar-refractivity contribution in [3.63, 3.8) is 0 Å². The molecule has 0 heterocycles. The molecule has 8 heteroatoms. The Balaban J connectivity index is 2.15. The molecule has 0 radical (unpaired) electrons. The molecule has 0 unspecified atom stereocenters. The van der Waals surface area contributed by atoms with Crippen LogP contribution in [0.1, 0.15) is 25.7 Å². The first-order chi connectivity index (χ1) is 10.3. The van der Waals surface area contributed by atoms with Gasteiger partial charge in [0.05, 0.1) is 17.7 Å². The molecule has 0 spiro atoms. The van der Waals surface area contributed by atoms with E-state index < -0.39 is 10.0 Å². The van der Waals surface area contributed by atoms with Gasteiger partial charge in [-0.2, -0.15) is 0 Å². The molecule has 0 saturated heterocycles. The molecule has 22 heavy (non-hydrogen) atoms. The average Bonchev–Trinajstić information content (AvgIpc) is 2.83. The molecule has 0 bridgehead atoms. The zero-order chi connectivity index (χ0) is 16.3. The second kappa shape index (κ2) is 6.64. The number of methoxy groups -OCH3 is 1. The van der Waals surface area contributed by atoms with Crippen LogP contribution < -0.4 is 20.9 Å². The molecule has 0 aromatic heterocycles. The summed E-state index contributed by atoms with van der Waals surface area (Å²) in [5, 5.41) is 7.78. The Kier molecular flexibility index (Phi) is 5.05. The quantitative estimate of drug-likeness (QED) is 0.737. The number of nitrogens with one attached hydrogen (secondary N) is 1. The van der Waals surface area contributed by atoms with Crippen LogP contribution in [-0.2, 0) is 14.8 Å². The Morgan fingerprint density at radius 2 is 2.14 bits per heavy atom. The summed E-state index contributed by atoms with van der Waals surface area (Å²) >= 11 is 0. The number of amides is 1. The molecular formula is C14H21N3O4S. The Morgan fingerprint density at radius 3 is 2.68 bits per heavy atom. The largest absolute Gasteiger partial charge is 0.495 e. The minimum Gasteiger partial charge on any atom is -0.495 e. The fourth-order valence-corrected chi connectivity index (χ4v) is 3.26. The standard InChI is InChI=1S/C14H21N3O4S/c1-21-13-6-5-10(22(16,19)20)8-12(13)17-14(18)7-9-3-2-4-11(9)15/h5-6,8-9,11H,2-4,7,15H2,1H3,(H,17,18)(H2,16,19,20)/t9-,11+/m0/s1. The van der Waals surface area contributed by atoms with Crippen LogP contribution in [0.15, 0.2) is 23.1 Å². The van der Waals surface area contributed by atoms with Crippen molar-refractivity contribution in [1.82, 2.24) is 0 Å². The van der Waals surface area contributed by atoms with Gasteiger partial charge in [0.1, 0.15) is 5.75 Å². The first-order valence-electron chi connectivity index (χ1n) is 7.07. The fraction of sp³-hybridized carbons (Fsp3) is 0.500. The van der Waals surface area contributed by atoms with E-state index >= 15 is 0 Å². The number of sulfonamides is 1. The summed E-state index contributed by atoms with van der Waals surface area (Å²) in [5.74, 6) is 0.316. The van der Waals surface area contributed by atoms with Crippen LogP contribution in [-0.4, -0.2) is 27.5 Å². The van der Waals surface area contributed by atoms with Crippen molar-refractivity contribution < 1.29 is 17.9 Å². The van der Waals surface area contributed by atoms with Crippen molar-refractivity contribution in [2.75, 3.05) is 12.4 Å². The molecule has 0 aliphatic heterocycles. The zero-order valence-electron chi connectivity index (χ0n) is 12.4. The summed E-state index contributed by atoms with van der Waals surface area (Å²) in [6.45, 7) is 0. The second-order valence-corrected chi connectivity index (χ2v) is 7.08. The molecule has 1 aromatic rings. The van der Waals surface area contributed by atoms with Gasteiger partial charge in [-0.05, 0) is 37.0 Å². The molecule has 1 aliphatic rings. The van der Waals surface area contributed by atoms with Crippen LogP contribution in [0.5, 0.6) is 5.75 Å². The Hall–Kier alpha value is -1.64. The van der Waals surface area contributed by atoms with Gasteiger partial charge in [0, 0.05) is 12.5 Å². The normalized spacial score (nSPS) is 21.6. The van der Waals surface area contributed by atoms with Gasteiger partial charge >= 0.3 is 0 Å². The third-order valence-electron chi connectivity index (χ3n) is 3.94. The fourth-order valence-electron chi connectivity index (χ4n) is 2.72. The van der Waals surface area contributed by atoms with Crippen LogP contribution in [0.4, 0.5) is 5.69 Å². The molecule has 1 amide bonds. The first-order valence-corrected chi connectivity index (χ1v) is 8.62. The third-order valence-corrected chi connectivity index (χ3v) is 4.85. The van der Waals surface area contributed by atoms with Crippen LogP contribution in [0.3, 0.4) is 0 Å². The predicted octanol–water partition coefficient (Wildman–Crippen LogP) is 0.799. The van der Waals surface area contributed by atoms with E-state index in [-0.39, 0.29) is 28.4 Å². The van der Waals surface area contributed by atoms with Crippen molar-refractivity contribution in [2.24, 2.45) is 16.8 Å². The Morgan fingerprint density at radius 1 is 1.41 bits per heavy atom. The number of anilines is 1. The highest BCUT2D eigenvalue weighted by Crippen LogP contribution is 2.30. The van der Waals surface area contributed by atoms with E-state index in [9.17, 15) is 13.2 Å². The maximum atomic E-state index is 12.1. The topological polar surface area (TPSA) is 125 Å². The van der Waals surface area contributed by atoms with E-state index in [1.165, 1.54) is 25.3 Å². The van der Waals surface area contributed by atoms with Gasteiger partial charge < -0.3 is 15.8 Å². The lowest BCUT2D eigenvalue weighted by molar-refractivity contribution is -0.117. The van der Waals surface area contributed by atoms with Crippen molar-refractivity contribution in [3.05, 3.63) is 18.2 Å². The van der Waals surface area contributed by atoms with Crippen molar-refractivity contribution in [3.8, 4) is 5.75 Å². The maximum absolute atomic E-state index is 12.1. The monoisotopic (exact) mass is 327 g/mol. The maximum Gasteiger partial charge on any atom is 0.238 e. The lowest BCUT2D eigenvalue weighted by atomic mass is 10.00. The SMILES string of the molecule is COc1ccc(S(N)(=O)=O)cc1NC(=O)C[C@@H]1CCC[C@H]1N. The van der Waals surface area contributed by atoms with Crippen LogP contribution in [0.25, 0.3) is 0 Å². The summed E-state index contributed by atoms with van der Waals surface area (Å²) in [5.41, 5.74) is 6.24. The first kappa shape index (κ1) is 16.7. The van der Waals surface area contributed by atoms with Crippen molar-refractivity contribution >= 4 is 21.6 Å². The summed E-state index contributed by atoms with van der Waals surface area (Å²) in [6, 6.07) is 4.12. The van der Waals surface area contributed by atoms with E-state index in [1.54, 1.807) is 0 Å². The summed E-state index contributed by atoms with van der Waals surface area (Å²) in [4.78, 5) is 12.1. The van der Waals surface area contributed by atoms with Crippen LogP contribution >= 0.6 is 0 Å². The highest BCUT2D eigenvalue weighted by atomic mass is 32.2. The highest BCUT2D eigenvalue weighted by Gasteiger charge is 2.26. The molecular weight excluding hydrogens is 306 g/mol. The van der Waals surface area contributed by atoms with Crippen LogP contribution in [0, 0.1) is 5.92 Å². The van der Waals surface area contributed by atoms with Gasteiger partial charge in [-0.1, -0.05) is 6.42 Å². The van der Waals surface area contributed by atoms with Crippen molar-refractivity contribution in [2.45, 2.75) is 36.6 Å². The third kappa shape index (κ3) is 3.96. The van der Waals surface area contributed by atoms with E-state index in [4.69, 9.17) is 15.6 Å². The second-order valence-electron chi connectivity index (χ2n) is 5.51.